The van der Waals surface area contributed by atoms with Crippen LogP contribution < -0.4 is 5.32 Å². The van der Waals surface area contributed by atoms with E-state index in [1.54, 1.807) is 0 Å². The lowest BCUT2D eigenvalue weighted by Crippen LogP contribution is -2.34. The zero-order chi connectivity index (χ0) is 25.3. The van der Waals surface area contributed by atoms with Crippen molar-refractivity contribution in [1.82, 2.24) is 5.32 Å². The van der Waals surface area contributed by atoms with Crippen LogP contribution in [-0.2, 0) is 33.2 Å². The number of alkyl carbamates (subject to hydrolysis) is 1. The average Bonchev–Trinajstić information content (AvgIpc) is 2.77. The van der Waals surface area contributed by atoms with Gasteiger partial charge in [0.25, 0.3) is 0 Å². The number of nitrogens with one attached hydrogen (secondary N) is 1. The lowest BCUT2D eigenvalue weighted by atomic mass is 10.1. The van der Waals surface area contributed by atoms with Gasteiger partial charge in [-0.15, -0.1) is 0 Å². The van der Waals surface area contributed by atoms with Crippen LogP contribution in [0.2, 0.25) is 0 Å². The first kappa shape index (κ1) is 32.6. The van der Waals surface area contributed by atoms with Gasteiger partial charge in [0, 0.05) is 13.0 Å². The zero-order valence-electron chi connectivity index (χ0n) is 22.0. The van der Waals surface area contributed by atoms with Crippen molar-refractivity contribution in [2.24, 2.45) is 0 Å². The Morgan fingerprint density at radius 3 is 1.65 bits per heavy atom. The van der Waals surface area contributed by atoms with E-state index >= 15 is 0 Å². The highest BCUT2D eigenvalue weighted by molar-refractivity contribution is 5.69. The molecule has 0 aromatic rings. The number of ether oxygens (including phenoxy) is 6. The van der Waals surface area contributed by atoms with Crippen LogP contribution in [0.3, 0.4) is 0 Å². The number of unbranched alkanes of at least 4 members (excludes halogenated alkanes) is 6. The lowest BCUT2D eigenvalue weighted by Gasteiger charge is -2.19. The normalized spacial score (nSPS) is 11.4. The van der Waals surface area contributed by atoms with Gasteiger partial charge in [0.15, 0.2) is 0 Å². The predicted octanol–water partition coefficient (Wildman–Crippen LogP) is 4.26. The molecule has 0 heterocycles. The number of carbonyl (C=O) groups is 2. The molecule has 9 heteroatoms. The summed E-state index contributed by atoms with van der Waals surface area (Å²) in [5.74, 6) is -0.145. The summed E-state index contributed by atoms with van der Waals surface area (Å²) >= 11 is 0. The van der Waals surface area contributed by atoms with Crippen molar-refractivity contribution in [2.45, 2.75) is 84.7 Å². The fraction of sp³-hybridized carbons (Fsp3) is 0.920. The standard InChI is InChI=1S/C25H49NO8/c1-5-6-7-8-9-10-11-12-23(27)33-22-21-32-20-19-31-18-17-30-16-15-29-14-13-26-24(28)34-25(2,3)4/h5-22H2,1-4H3,(H,26,28). The van der Waals surface area contributed by atoms with Crippen molar-refractivity contribution in [3.05, 3.63) is 0 Å². The Bertz CT molecular complexity index is 482. The molecule has 202 valence electrons. The molecule has 0 radical (unpaired) electrons. The molecule has 34 heavy (non-hydrogen) atoms. The van der Waals surface area contributed by atoms with Crippen LogP contribution in [0.1, 0.15) is 79.1 Å². The van der Waals surface area contributed by atoms with E-state index in [0.717, 1.165) is 12.8 Å². The summed E-state index contributed by atoms with van der Waals surface area (Å²) in [5, 5.41) is 2.62. The summed E-state index contributed by atoms with van der Waals surface area (Å²) in [6, 6.07) is 0. The fourth-order valence-electron chi connectivity index (χ4n) is 2.81. The maximum atomic E-state index is 11.6. The monoisotopic (exact) mass is 491 g/mol. The number of hydrogen-bond donors (Lipinski definition) is 1. The second kappa shape index (κ2) is 23.3. The van der Waals surface area contributed by atoms with Crippen molar-refractivity contribution >= 4 is 12.1 Å². The van der Waals surface area contributed by atoms with Gasteiger partial charge >= 0.3 is 12.1 Å². The van der Waals surface area contributed by atoms with Crippen LogP contribution in [0.5, 0.6) is 0 Å². The maximum absolute atomic E-state index is 11.6. The van der Waals surface area contributed by atoms with Crippen LogP contribution in [-0.4, -0.2) is 83.7 Å². The van der Waals surface area contributed by atoms with Gasteiger partial charge in [-0.05, 0) is 27.2 Å². The molecule has 0 aliphatic rings. The molecular formula is C25H49NO8. The number of esters is 1. The van der Waals surface area contributed by atoms with Gasteiger partial charge in [-0.3, -0.25) is 4.79 Å². The third-order valence-corrected chi connectivity index (χ3v) is 4.51. The van der Waals surface area contributed by atoms with Gasteiger partial charge in [-0.25, -0.2) is 4.79 Å². The smallest absolute Gasteiger partial charge is 0.407 e. The summed E-state index contributed by atoms with van der Waals surface area (Å²) in [7, 11) is 0. The molecule has 0 spiro atoms. The highest BCUT2D eigenvalue weighted by Gasteiger charge is 2.15. The van der Waals surface area contributed by atoms with Crippen molar-refractivity contribution in [3.8, 4) is 0 Å². The van der Waals surface area contributed by atoms with E-state index in [0.29, 0.717) is 65.8 Å². The Labute approximate surface area is 206 Å². The predicted molar refractivity (Wildman–Crippen MR) is 131 cm³/mol. The van der Waals surface area contributed by atoms with Crippen LogP contribution >= 0.6 is 0 Å². The molecular weight excluding hydrogens is 442 g/mol. The van der Waals surface area contributed by atoms with Gasteiger partial charge in [-0.1, -0.05) is 45.4 Å². The molecule has 0 saturated heterocycles. The molecule has 0 rings (SSSR count). The molecule has 0 aromatic heterocycles. The number of amides is 1. The molecule has 0 aromatic carbocycles. The zero-order valence-corrected chi connectivity index (χ0v) is 22.0. The Morgan fingerprint density at radius 2 is 1.12 bits per heavy atom. The Kier molecular flexibility index (Phi) is 22.4. The molecule has 0 aliphatic carbocycles. The number of rotatable bonds is 23. The number of hydrogen-bond acceptors (Lipinski definition) is 8. The fourth-order valence-corrected chi connectivity index (χ4v) is 2.81. The third-order valence-electron chi connectivity index (χ3n) is 4.51. The summed E-state index contributed by atoms with van der Waals surface area (Å²) in [5.41, 5.74) is -0.506. The average molecular weight is 492 g/mol. The quantitative estimate of drug-likeness (QED) is 0.167. The van der Waals surface area contributed by atoms with Crippen molar-refractivity contribution < 1.29 is 38.0 Å². The molecule has 0 atom stereocenters. The van der Waals surface area contributed by atoms with Crippen LogP contribution in [0.4, 0.5) is 4.79 Å². The van der Waals surface area contributed by atoms with E-state index in [-0.39, 0.29) is 12.6 Å². The summed E-state index contributed by atoms with van der Waals surface area (Å²) < 4.78 is 31.9. The first-order chi connectivity index (χ1) is 16.3. The van der Waals surface area contributed by atoms with Gasteiger partial charge in [0.05, 0.1) is 52.9 Å². The first-order valence-electron chi connectivity index (χ1n) is 12.8. The van der Waals surface area contributed by atoms with Crippen molar-refractivity contribution in [2.75, 3.05) is 66.0 Å². The van der Waals surface area contributed by atoms with Crippen molar-refractivity contribution in [3.63, 3.8) is 0 Å². The molecule has 0 bridgehead atoms. The molecule has 0 saturated carbocycles. The molecule has 0 aliphatic heterocycles. The molecule has 1 N–H and O–H groups in total. The van der Waals surface area contributed by atoms with Crippen LogP contribution in [0.15, 0.2) is 0 Å². The molecule has 9 nitrogen and oxygen atoms in total. The van der Waals surface area contributed by atoms with E-state index < -0.39 is 11.7 Å². The second-order valence-electron chi connectivity index (χ2n) is 8.97. The highest BCUT2D eigenvalue weighted by atomic mass is 16.6. The second-order valence-corrected chi connectivity index (χ2v) is 8.97. The number of carbonyl (C=O) groups excluding carboxylic acids is 2. The van der Waals surface area contributed by atoms with Crippen LogP contribution in [0, 0.1) is 0 Å². The minimum atomic E-state index is -0.506. The first-order valence-corrected chi connectivity index (χ1v) is 12.8. The largest absolute Gasteiger partial charge is 0.463 e. The van der Waals surface area contributed by atoms with Crippen LogP contribution in [0.25, 0.3) is 0 Å². The summed E-state index contributed by atoms with van der Waals surface area (Å²) in [4.78, 5) is 23.1. The summed E-state index contributed by atoms with van der Waals surface area (Å²) in [6.07, 6.45) is 8.34. The third kappa shape index (κ3) is 26.8. The molecule has 1 amide bonds. The SMILES string of the molecule is CCCCCCCCCC(=O)OCCOCCOCCOCCOCCNC(=O)OC(C)(C)C. The Hall–Kier alpha value is -1.42. The van der Waals surface area contributed by atoms with Gasteiger partial charge in [0.1, 0.15) is 12.2 Å². The Balaban J connectivity index is 3.21. The maximum Gasteiger partial charge on any atom is 0.407 e. The van der Waals surface area contributed by atoms with Crippen molar-refractivity contribution in [1.29, 1.82) is 0 Å². The summed E-state index contributed by atoms with van der Waals surface area (Å²) in [6.45, 7) is 11.8. The van der Waals surface area contributed by atoms with E-state index in [1.165, 1.54) is 32.1 Å². The van der Waals surface area contributed by atoms with Gasteiger partial charge in [-0.2, -0.15) is 0 Å². The molecule has 0 unspecified atom stereocenters. The Morgan fingerprint density at radius 1 is 0.647 bits per heavy atom. The highest BCUT2D eigenvalue weighted by Crippen LogP contribution is 2.09. The minimum Gasteiger partial charge on any atom is -0.463 e. The van der Waals surface area contributed by atoms with Gasteiger partial charge in [0.2, 0.25) is 0 Å². The topological polar surface area (TPSA) is 102 Å². The van der Waals surface area contributed by atoms with Gasteiger partial charge < -0.3 is 33.7 Å². The molecule has 0 fully saturated rings. The lowest BCUT2D eigenvalue weighted by molar-refractivity contribution is -0.145. The van der Waals surface area contributed by atoms with E-state index in [4.69, 9.17) is 28.4 Å². The minimum absolute atomic E-state index is 0.145. The van der Waals surface area contributed by atoms with E-state index in [2.05, 4.69) is 12.2 Å². The van der Waals surface area contributed by atoms with E-state index in [1.807, 2.05) is 20.8 Å². The van der Waals surface area contributed by atoms with E-state index in [9.17, 15) is 9.59 Å².